The fourth-order valence-corrected chi connectivity index (χ4v) is 2.67. The van der Waals surface area contributed by atoms with Gasteiger partial charge in [-0.25, -0.2) is 20.4 Å². The second-order valence-electron chi connectivity index (χ2n) is 5.77. The average Bonchev–Trinajstić information content (AvgIpc) is 2.73. The highest BCUT2D eigenvalue weighted by Gasteiger charge is 2.18. The predicted molar refractivity (Wildman–Crippen MR) is 102 cm³/mol. The lowest BCUT2D eigenvalue weighted by atomic mass is 10.1. The van der Waals surface area contributed by atoms with E-state index in [4.69, 9.17) is 10.6 Å². The Kier molecular flexibility index (Phi) is 8.04. The van der Waals surface area contributed by atoms with Crippen molar-refractivity contribution < 1.29 is 10.0 Å². The number of hydrogen-bond acceptors (Lipinski definition) is 9. The van der Waals surface area contributed by atoms with Gasteiger partial charge in [-0.15, -0.1) is 0 Å². The molecule has 144 valence electrons. The summed E-state index contributed by atoms with van der Waals surface area (Å²) in [5.74, 6) is 0.921. The van der Waals surface area contributed by atoms with Crippen molar-refractivity contribution in [2.45, 2.75) is 32.1 Å². The number of hydroxylamine groups is 1. The molecule has 0 aliphatic carbocycles. The molecule has 0 spiro atoms. The lowest BCUT2D eigenvalue weighted by Gasteiger charge is -2.25. The lowest BCUT2D eigenvalue weighted by Crippen LogP contribution is -2.23. The minimum Gasteiger partial charge on any atom is -0.383 e. The first-order chi connectivity index (χ1) is 13.2. The highest BCUT2D eigenvalue weighted by atomic mass is 16.5. The normalized spacial score (nSPS) is 10.3. The van der Waals surface area contributed by atoms with Crippen LogP contribution in [0.1, 0.15) is 37.8 Å². The Balaban J connectivity index is 2.10. The Bertz CT molecular complexity index is 741. The third-order valence-corrected chi connectivity index (χ3v) is 3.99. The van der Waals surface area contributed by atoms with Crippen molar-refractivity contribution in [3.8, 4) is 0 Å². The minimum absolute atomic E-state index is 0.308. The number of aromatic nitrogens is 4. The number of nitrogens with one attached hydrogen (secondary N) is 3. The van der Waals surface area contributed by atoms with E-state index in [1.165, 1.54) is 12.5 Å². The van der Waals surface area contributed by atoms with Gasteiger partial charge in [0.1, 0.15) is 17.7 Å². The molecule has 2 aromatic heterocycles. The average molecular weight is 372 g/mol. The second kappa shape index (κ2) is 10.8. The van der Waals surface area contributed by atoms with E-state index in [0.717, 1.165) is 19.3 Å². The maximum Gasteiger partial charge on any atom is 0.243 e. The fourth-order valence-electron chi connectivity index (χ4n) is 2.67. The van der Waals surface area contributed by atoms with Crippen LogP contribution in [0.4, 0.5) is 17.3 Å². The molecule has 0 unspecified atom stereocenters. The van der Waals surface area contributed by atoms with E-state index in [2.05, 4.69) is 25.3 Å². The van der Waals surface area contributed by atoms with Gasteiger partial charge >= 0.3 is 0 Å². The molecule has 2 aromatic rings. The van der Waals surface area contributed by atoms with Crippen molar-refractivity contribution in [2.75, 3.05) is 23.8 Å². The fraction of sp³-hybridized carbons (Fsp3) is 0.412. The van der Waals surface area contributed by atoms with E-state index >= 15 is 0 Å². The molecule has 0 aliphatic rings. The van der Waals surface area contributed by atoms with Gasteiger partial charge in [-0.2, -0.15) is 0 Å². The smallest absolute Gasteiger partial charge is 0.243 e. The molecule has 0 aromatic carbocycles. The van der Waals surface area contributed by atoms with Crippen LogP contribution in [0.3, 0.4) is 0 Å². The number of nitrogens with zero attached hydrogens (tertiary/aromatic N) is 5. The molecule has 0 saturated heterocycles. The van der Waals surface area contributed by atoms with Crippen LogP contribution in [0.15, 0.2) is 24.9 Å². The Hall–Kier alpha value is -3.14. The van der Waals surface area contributed by atoms with Crippen LogP contribution in [0.25, 0.3) is 0 Å². The molecule has 0 bridgehead atoms. The summed E-state index contributed by atoms with van der Waals surface area (Å²) in [6.07, 6.45) is 11.1. The van der Waals surface area contributed by atoms with Crippen LogP contribution >= 0.6 is 0 Å². The molecule has 1 amide bonds. The molecule has 2 rings (SSSR count). The summed E-state index contributed by atoms with van der Waals surface area (Å²) in [7, 11) is 1.76. The summed E-state index contributed by atoms with van der Waals surface area (Å²) in [5, 5.41) is 19.1. The molecule has 0 atom stereocenters. The number of amides is 1. The van der Waals surface area contributed by atoms with Gasteiger partial charge in [0.15, 0.2) is 11.6 Å². The molecule has 0 aliphatic heterocycles. The van der Waals surface area contributed by atoms with Crippen molar-refractivity contribution in [2.24, 2.45) is 0 Å². The summed E-state index contributed by atoms with van der Waals surface area (Å²) in [6.45, 7) is 0.647. The highest BCUT2D eigenvalue weighted by molar-refractivity contribution is 5.88. The third kappa shape index (κ3) is 5.68. The van der Waals surface area contributed by atoms with Crippen LogP contribution in [0.5, 0.6) is 0 Å². The number of hydrogen-bond donors (Lipinski definition) is 4. The standard InChI is InChI=1S/C17H24N8O2/c1-19-16-13(10-18)22-12-23-17(16)25(14-11-20-7-8-21-14)9-5-3-2-4-6-15(26)24-27/h7-8,10-12,18-19,27H,2-6,9H2,1H3,(H,24,26). The van der Waals surface area contributed by atoms with Crippen LogP contribution in [0.2, 0.25) is 0 Å². The zero-order valence-electron chi connectivity index (χ0n) is 15.2. The zero-order chi connectivity index (χ0) is 19.5. The van der Waals surface area contributed by atoms with Crippen molar-refractivity contribution in [3.63, 3.8) is 0 Å². The molecule has 10 heteroatoms. The number of carbonyl (C=O) groups is 1. The molecule has 0 saturated carbocycles. The number of anilines is 3. The van der Waals surface area contributed by atoms with Crippen LogP contribution in [-0.4, -0.2) is 50.9 Å². The van der Waals surface area contributed by atoms with Crippen LogP contribution in [0, 0.1) is 5.41 Å². The first kappa shape index (κ1) is 20.2. The molecule has 0 fully saturated rings. The monoisotopic (exact) mass is 372 g/mol. The maximum absolute atomic E-state index is 11.0. The lowest BCUT2D eigenvalue weighted by molar-refractivity contribution is -0.129. The van der Waals surface area contributed by atoms with Gasteiger partial charge in [-0.05, 0) is 12.8 Å². The number of rotatable bonds is 11. The molecule has 2 heterocycles. The predicted octanol–water partition coefficient (Wildman–Crippen LogP) is 1.90. The molecular formula is C17H24N8O2. The summed E-state index contributed by atoms with van der Waals surface area (Å²) in [5.41, 5.74) is 2.78. The topological polar surface area (TPSA) is 140 Å². The van der Waals surface area contributed by atoms with E-state index in [1.807, 2.05) is 4.90 Å². The quantitative estimate of drug-likeness (QED) is 0.203. The van der Waals surface area contributed by atoms with E-state index in [1.54, 1.807) is 31.1 Å². The van der Waals surface area contributed by atoms with E-state index in [-0.39, 0.29) is 5.91 Å². The third-order valence-electron chi connectivity index (χ3n) is 3.99. The highest BCUT2D eigenvalue weighted by Crippen LogP contribution is 2.29. The Labute approximate surface area is 157 Å². The van der Waals surface area contributed by atoms with Gasteiger partial charge < -0.3 is 15.6 Å². The van der Waals surface area contributed by atoms with E-state index in [0.29, 0.717) is 42.4 Å². The van der Waals surface area contributed by atoms with Crippen molar-refractivity contribution in [1.82, 2.24) is 25.4 Å². The summed E-state index contributed by atoms with van der Waals surface area (Å²) in [6, 6.07) is 0. The summed E-state index contributed by atoms with van der Waals surface area (Å²) >= 11 is 0. The van der Waals surface area contributed by atoms with Gasteiger partial charge in [-0.1, -0.05) is 12.8 Å². The van der Waals surface area contributed by atoms with Gasteiger partial charge in [0, 0.05) is 38.6 Å². The second-order valence-corrected chi connectivity index (χ2v) is 5.77. The van der Waals surface area contributed by atoms with Crippen molar-refractivity contribution in [1.29, 1.82) is 5.41 Å². The Morgan fingerprint density at radius 2 is 2.04 bits per heavy atom. The number of unbranched alkanes of at least 4 members (excludes halogenated alkanes) is 3. The van der Waals surface area contributed by atoms with Gasteiger partial charge in [-0.3, -0.25) is 15.0 Å². The van der Waals surface area contributed by atoms with Crippen LogP contribution < -0.4 is 15.7 Å². The summed E-state index contributed by atoms with van der Waals surface area (Å²) in [4.78, 5) is 30.0. The summed E-state index contributed by atoms with van der Waals surface area (Å²) < 4.78 is 0. The molecule has 27 heavy (non-hydrogen) atoms. The van der Waals surface area contributed by atoms with E-state index in [9.17, 15) is 4.79 Å². The van der Waals surface area contributed by atoms with Crippen molar-refractivity contribution in [3.05, 3.63) is 30.6 Å². The SMILES string of the molecule is CNc1c(C=N)ncnc1N(CCCCCCC(=O)NO)c1cnccn1. The first-order valence-electron chi connectivity index (χ1n) is 8.71. The van der Waals surface area contributed by atoms with E-state index < -0.39 is 0 Å². The largest absolute Gasteiger partial charge is 0.383 e. The molecular weight excluding hydrogens is 348 g/mol. The maximum atomic E-state index is 11.0. The Morgan fingerprint density at radius 3 is 2.70 bits per heavy atom. The van der Waals surface area contributed by atoms with Crippen molar-refractivity contribution >= 4 is 29.4 Å². The number of carbonyl (C=O) groups excluding carboxylic acids is 1. The Morgan fingerprint density at radius 1 is 1.22 bits per heavy atom. The molecule has 4 N–H and O–H groups in total. The zero-order valence-corrected chi connectivity index (χ0v) is 15.2. The van der Waals surface area contributed by atoms with Crippen LogP contribution in [-0.2, 0) is 4.79 Å². The minimum atomic E-state index is -0.366. The first-order valence-corrected chi connectivity index (χ1v) is 8.71. The van der Waals surface area contributed by atoms with Gasteiger partial charge in [0.25, 0.3) is 0 Å². The van der Waals surface area contributed by atoms with Gasteiger partial charge in [0.05, 0.1) is 6.20 Å². The molecule has 10 nitrogen and oxygen atoms in total. The molecule has 0 radical (unpaired) electrons. The van der Waals surface area contributed by atoms with Gasteiger partial charge in [0.2, 0.25) is 5.91 Å².